The summed E-state index contributed by atoms with van der Waals surface area (Å²) < 4.78 is 0. The summed E-state index contributed by atoms with van der Waals surface area (Å²) in [7, 11) is 0. The fourth-order valence-electron chi connectivity index (χ4n) is 0.939. The lowest BCUT2D eigenvalue weighted by Crippen LogP contribution is -1.77. The second-order valence-electron chi connectivity index (χ2n) is 2.35. The second kappa shape index (κ2) is 5.04. The minimum absolute atomic E-state index is 0. The summed E-state index contributed by atoms with van der Waals surface area (Å²) in [5, 5.41) is 0.862. The van der Waals surface area contributed by atoms with Crippen molar-refractivity contribution < 1.29 is 0 Å². The van der Waals surface area contributed by atoms with Crippen LogP contribution in [0.2, 0.25) is 0 Å². The van der Waals surface area contributed by atoms with Crippen molar-refractivity contribution in [3.05, 3.63) is 30.3 Å². The van der Waals surface area contributed by atoms with Crippen LogP contribution in [0.5, 0.6) is 0 Å². The van der Waals surface area contributed by atoms with Crippen LogP contribution in [0.1, 0.15) is 0 Å². The Morgan fingerprint density at radius 2 is 2.00 bits per heavy atom. The highest BCUT2D eigenvalue weighted by molar-refractivity contribution is 8.14. The second-order valence-corrected chi connectivity index (χ2v) is 3.34. The molecule has 68 valence electrons. The summed E-state index contributed by atoms with van der Waals surface area (Å²) in [4.78, 5) is 8.46. The Bertz CT molecular complexity index is 322. The third kappa shape index (κ3) is 2.86. The summed E-state index contributed by atoms with van der Waals surface area (Å²) in [6, 6.07) is 9.88. The first-order valence-corrected chi connectivity index (χ1v) is 4.73. The first-order valence-electron chi connectivity index (χ1n) is 3.74. The molecule has 0 saturated carbocycles. The van der Waals surface area contributed by atoms with Crippen molar-refractivity contribution in [2.75, 3.05) is 5.75 Å². The molecule has 1 aromatic rings. The molecule has 1 aromatic carbocycles. The average Bonchev–Trinajstić information content (AvgIpc) is 2.59. The molecule has 1 heterocycles. The quantitative estimate of drug-likeness (QED) is 0.703. The number of thioether (sulfide) groups is 1. The lowest BCUT2D eigenvalue weighted by molar-refractivity contribution is 1.51. The minimum Gasteiger partial charge on any atom is -0.235 e. The number of amidine groups is 1. The van der Waals surface area contributed by atoms with Crippen molar-refractivity contribution in [2.45, 2.75) is 0 Å². The monoisotopic (exact) mass is 212 g/mol. The van der Waals surface area contributed by atoms with Crippen molar-refractivity contribution in [2.24, 2.45) is 9.98 Å². The molecule has 0 radical (unpaired) electrons. The Morgan fingerprint density at radius 1 is 1.23 bits per heavy atom. The van der Waals surface area contributed by atoms with E-state index in [9.17, 15) is 0 Å². The van der Waals surface area contributed by atoms with Gasteiger partial charge in [-0.3, -0.25) is 0 Å². The zero-order chi connectivity index (χ0) is 8.23. The molecule has 0 unspecified atom stereocenters. The van der Waals surface area contributed by atoms with Crippen LogP contribution < -0.4 is 0 Å². The summed E-state index contributed by atoms with van der Waals surface area (Å²) >= 11 is 1.66. The lowest BCUT2D eigenvalue weighted by Gasteiger charge is -1.92. The third-order valence-electron chi connectivity index (χ3n) is 1.47. The molecule has 0 bridgehead atoms. The van der Waals surface area contributed by atoms with Gasteiger partial charge in [-0.1, -0.05) is 30.0 Å². The summed E-state index contributed by atoms with van der Waals surface area (Å²) in [6.45, 7) is 0. The molecule has 0 spiro atoms. The van der Waals surface area contributed by atoms with Gasteiger partial charge in [0.05, 0.1) is 5.69 Å². The van der Waals surface area contributed by atoms with E-state index in [0.717, 1.165) is 16.6 Å². The summed E-state index contributed by atoms with van der Waals surface area (Å²) in [5.74, 6) is 0.950. The summed E-state index contributed by atoms with van der Waals surface area (Å²) in [5.41, 5.74) is 0.971. The van der Waals surface area contributed by atoms with Gasteiger partial charge < -0.3 is 0 Å². The first-order chi connectivity index (χ1) is 5.95. The third-order valence-corrected chi connectivity index (χ3v) is 2.24. The number of nitrogens with zero attached hydrogens (tertiary/aromatic N) is 2. The van der Waals surface area contributed by atoms with Crippen molar-refractivity contribution in [3.63, 3.8) is 0 Å². The first kappa shape index (κ1) is 10.3. The van der Waals surface area contributed by atoms with Gasteiger partial charge in [-0.05, 0) is 12.1 Å². The highest BCUT2D eigenvalue weighted by Crippen LogP contribution is 2.17. The molecule has 0 N–H and O–H groups in total. The van der Waals surface area contributed by atoms with Gasteiger partial charge in [-0.2, -0.15) is 0 Å². The van der Waals surface area contributed by atoms with Crippen molar-refractivity contribution in [1.29, 1.82) is 0 Å². The lowest BCUT2D eigenvalue weighted by atomic mass is 10.3. The van der Waals surface area contributed by atoms with Crippen LogP contribution in [0, 0.1) is 0 Å². The maximum Gasteiger partial charge on any atom is 0.188 e. The standard InChI is InChI=1S/C9H8N2S.ClH/c1-2-4-8(5-3-1)11-9-10-6-7-12-9;/h1-6H,7H2;1H. The molecule has 0 aromatic heterocycles. The van der Waals surface area contributed by atoms with Gasteiger partial charge in [0.25, 0.3) is 0 Å². The molecule has 0 amide bonds. The van der Waals surface area contributed by atoms with E-state index in [4.69, 9.17) is 0 Å². The number of benzene rings is 1. The number of aliphatic imine (C=N–C) groups is 2. The Hall–Kier alpha value is -0.800. The van der Waals surface area contributed by atoms with Crippen LogP contribution in [0.25, 0.3) is 0 Å². The molecule has 13 heavy (non-hydrogen) atoms. The van der Waals surface area contributed by atoms with E-state index in [0.29, 0.717) is 0 Å². The van der Waals surface area contributed by atoms with Gasteiger partial charge >= 0.3 is 0 Å². The number of para-hydroxylation sites is 1. The predicted octanol–water partition coefficient (Wildman–Crippen LogP) is 2.91. The zero-order valence-electron chi connectivity index (χ0n) is 6.88. The van der Waals surface area contributed by atoms with Crippen LogP contribution in [0.3, 0.4) is 0 Å². The Balaban J connectivity index is 0.000000845. The molecular formula is C9H9ClN2S. The van der Waals surface area contributed by atoms with E-state index in [1.165, 1.54) is 0 Å². The van der Waals surface area contributed by atoms with Gasteiger partial charge in [0.1, 0.15) is 0 Å². The van der Waals surface area contributed by atoms with E-state index < -0.39 is 0 Å². The van der Waals surface area contributed by atoms with E-state index in [1.54, 1.807) is 11.8 Å². The van der Waals surface area contributed by atoms with Crippen molar-refractivity contribution >= 4 is 41.2 Å². The molecular weight excluding hydrogens is 204 g/mol. The average molecular weight is 213 g/mol. The molecule has 2 rings (SSSR count). The highest BCUT2D eigenvalue weighted by Gasteiger charge is 2.02. The molecule has 0 atom stereocenters. The van der Waals surface area contributed by atoms with Gasteiger partial charge in [0, 0.05) is 12.0 Å². The topological polar surface area (TPSA) is 24.7 Å². The Labute approximate surface area is 87.6 Å². The van der Waals surface area contributed by atoms with Gasteiger partial charge in [-0.15, -0.1) is 12.4 Å². The zero-order valence-corrected chi connectivity index (χ0v) is 8.52. The molecule has 0 aliphatic carbocycles. The van der Waals surface area contributed by atoms with E-state index in [2.05, 4.69) is 9.98 Å². The molecule has 1 aliphatic heterocycles. The number of hydrogen-bond acceptors (Lipinski definition) is 2. The maximum absolute atomic E-state index is 4.34. The predicted molar refractivity (Wildman–Crippen MR) is 61.7 cm³/mol. The van der Waals surface area contributed by atoms with Crippen LogP contribution in [0.4, 0.5) is 5.69 Å². The van der Waals surface area contributed by atoms with E-state index in [1.807, 2.05) is 36.5 Å². The SMILES string of the molecule is C1=NC(=Nc2ccccc2)SC1.Cl. The molecule has 0 saturated heterocycles. The fourth-order valence-corrected chi connectivity index (χ4v) is 1.56. The number of hydrogen-bond donors (Lipinski definition) is 0. The number of halogens is 1. The van der Waals surface area contributed by atoms with Crippen LogP contribution >= 0.6 is 24.2 Å². The van der Waals surface area contributed by atoms with Crippen molar-refractivity contribution in [3.8, 4) is 0 Å². The smallest absolute Gasteiger partial charge is 0.188 e. The fraction of sp³-hybridized carbons (Fsp3) is 0.111. The molecule has 1 aliphatic rings. The van der Waals surface area contributed by atoms with Crippen LogP contribution in [0.15, 0.2) is 40.3 Å². The van der Waals surface area contributed by atoms with E-state index in [-0.39, 0.29) is 12.4 Å². The Kier molecular flexibility index (Phi) is 3.99. The highest BCUT2D eigenvalue weighted by atomic mass is 35.5. The van der Waals surface area contributed by atoms with Crippen molar-refractivity contribution in [1.82, 2.24) is 0 Å². The van der Waals surface area contributed by atoms with Gasteiger partial charge in [0.2, 0.25) is 0 Å². The minimum atomic E-state index is 0. The maximum atomic E-state index is 4.34. The molecule has 4 heteroatoms. The molecule has 0 fully saturated rings. The normalized spacial score (nSPS) is 17.4. The summed E-state index contributed by atoms with van der Waals surface area (Å²) in [6.07, 6.45) is 1.88. The largest absolute Gasteiger partial charge is 0.235 e. The Morgan fingerprint density at radius 3 is 2.62 bits per heavy atom. The van der Waals surface area contributed by atoms with Crippen LogP contribution in [-0.4, -0.2) is 17.1 Å². The van der Waals surface area contributed by atoms with E-state index >= 15 is 0 Å². The number of rotatable bonds is 1. The van der Waals surface area contributed by atoms with Gasteiger partial charge in [0.15, 0.2) is 5.17 Å². The van der Waals surface area contributed by atoms with Gasteiger partial charge in [-0.25, -0.2) is 9.98 Å². The molecule has 2 nitrogen and oxygen atoms in total. The van der Waals surface area contributed by atoms with Crippen LogP contribution in [-0.2, 0) is 0 Å².